The summed E-state index contributed by atoms with van der Waals surface area (Å²) in [5, 5.41) is 14.7. The van der Waals surface area contributed by atoms with Crippen molar-refractivity contribution in [3.8, 4) is 5.75 Å². The van der Waals surface area contributed by atoms with Crippen molar-refractivity contribution in [1.82, 2.24) is 10.6 Å². The Balaban J connectivity index is 2.05. The van der Waals surface area contributed by atoms with Gasteiger partial charge in [-0.2, -0.15) is 0 Å². The molecule has 3 N–H and O–H groups in total. The number of rotatable bonds is 10. The van der Waals surface area contributed by atoms with Gasteiger partial charge in [0.1, 0.15) is 24.4 Å². The molecule has 0 aliphatic rings. The number of phenols is 1. The number of amides is 2. The lowest BCUT2D eigenvalue weighted by atomic mass is 9.97. The van der Waals surface area contributed by atoms with Crippen molar-refractivity contribution in [2.24, 2.45) is 5.92 Å². The van der Waals surface area contributed by atoms with Gasteiger partial charge in [0, 0.05) is 6.42 Å². The fourth-order valence-corrected chi connectivity index (χ4v) is 3.06. The Bertz CT molecular complexity index is 885. The molecule has 0 spiro atoms. The summed E-state index contributed by atoms with van der Waals surface area (Å²) in [6, 6.07) is 13.7. The summed E-state index contributed by atoms with van der Waals surface area (Å²) in [4.78, 5) is 37.6. The molecule has 172 valence electrons. The van der Waals surface area contributed by atoms with Gasteiger partial charge in [-0.25, -0.2) is 9.59 Å². The topological polar surface area (TPSA) is 114 Å². The molecular formula is C24H30N2O6. The number of ether oxygens (including phenoxy) is 2. The molecule has 0 saturated heterocycles. The largest absolute Gasteiger partial charge is 0.508 e. The van der Waals surface area contributed by atoms with Crippen molar-refractivity contribution in [3.63, 3.8) is 0 Å². The molecule has 8 nitrogen and oxygen atoms in total. The summed E-state index contributed by atoms with van der Waals surface area (Å²) in [7, 11) is 1.24. The average molecular weight is 443 g/mol. The van der Waals surface area contributed by atoms with E-state index in [0.717, 1.165) is 11.1 Å². The normalized spacial score (nSPS) is 13.3. The van der Waals surface area contributed by atoms with E-state index in [1.54, 1.807) is 12.1 Å². The zero-order valence-electron chi connectivity index (χ0n) is 18.5. The van der Waals surface area contributed by atoms with Gasteiger partial charge in [-0.15, -0.1) is 0 Å². The molecule has 8 heteroatoms. The Hall–Kier alpha value is -3.55. The van der Waals surface area contributed by atoms with Crippen LogP contribution in [-0.4, -0.2) is 42.3 Å². The molecule has 0 bridgehead atoms. The highest BCUT2D eigenvalue weighted by Gasteiger charge is 2.30. The van der Waals surface area contributed by atoms with Gasteiger partial charge in [-0.05, 0) is 29.2 Å². The molecule has 0 unspecified atom stereocenters. The molecule has 0 saturated carbocycles. The summed E-state index contributed by atoms with van der Waals surface area (Å²) >= 11 is 0. The van der Waals surface area contributed by atoms with Gasteiger partial charge in [-0.1, -0.05) is 62.7 Å². The van der Waals surface area contributed by atoms with Crippen LogP contribution in [-0.2, 0) is 32.1 Å². The summed E-state index contributed by atoms with van der Waals surface area (Å²) < 4.78 is 10.1. The van der Waals surface area contributed by atoms with Gasteiger partial charge in [0.15, 0.2) is 0 Å². The van der Waals surface area contributed by atoms with E-state index in [-0.39, 0.29) is 24.7 Å². The number of carbonyl (C=O) groups is 3. The predicted octanol–water partition coefficient (Wildman–Crippen LogP) is 2.93. The van der Waals surface area contributed by atoms with Crippen molar-refractivity contribution in [3.05, 3.63) is 65.7 Å². The van der Waals surface area contributed by atoms with Crippen LogP contribution in [0.2, 0.25) is 0 Å². The molecular weight excluding hydrogens is 412 g/mol. The Morgan fingerprint density at radius 2 is 1.62 bits per heavy atom. The predicted molar refractivity (Wildman–Crippen MR) is 119 cm³/mol. The summed E-state index contributed by atoms with van der Waals surface area (Å²) in [5.41, 5.74) is 1.56. The molecule has 0 aliphatic heterocycles. The van der Waals surface area contributed by atoms with Gasteiger partial charge in [0.25, 0.3) is 0 Å². The molecule has 2 amide bonds. The van der Waals surface area contributed by atoms with E-state index in [9.17, 15) is 19.5 Å². The first-order valence-electron chi connectivity index (χ1n) is 10.5. The molecule has 0 aromatic heterocycles. The smallest absolute Gasteiger partial charge is 0.408 e. The van der Waals surface area contributed by atoms with Crippen molar-refractivity contribution < 1.29 is 29.0 Å². The number of nitrogens with one attached hydrogen (secondary N) is 2. The van der Waals surface area contributed by atoms with Crippen molar-refractivity contribution in [2.45, 2.75) is 45.4 Å². The molecule has 3 atom stereocenters. The third kappa shape index (κ3) is 7.61. The monoisotopic (exact) mass is 442 g/mol. The second-order valence-corrected chi connectivity index (χ2v) is 7.52. The molecule has 0 radical (unpaired) electrons. The fourth-order valence-electron chi connectivity index (χ4n) is 3.06. The van der Waals surface area contributed by atoms with Crippen LogP contribution >= 0.6 is 0 Å². The lowest BCUT2D eigenvalue weighted by Gasteiger charge is -2.25. The third-order valence-corrected chi connectivity index (χ3v) is 5.16. The number of phenolic OH excluding ortho intramolecular Hbond substituents is 1. The summed E-state index contributed by atoms with van der Waals surface area (Å²) in [6.45, 7) is 3.80. The fraction of sp³-hybridized carbons (Fsp3) is 0.375. The van der Waals surface area contributed by atoms with Crippen LogP contribution in [0.4, 0.5) is 4.79 Å². The maximum Gasteiger partial charge on any atom is 0.408 e. The minimum Gasteiger partial charge on any atom is -0.508 e. The number of alkyl carbamates (subject to hydrolysis) is 1. The van der Waals surface area contributed by atoms with E-state index in [1.165, 1.54) is 19.2 Å². The lowest BCUT2D eigenvalue weighted by Crippen LogP contribution is -2.54. The van der Waals surface area contributed by atoms with E-state index >= 15 is 0 Å². The SMILES string of the molecule is CC[C@H](C)[C@H](NC(=O)OCc1ccccc1)C(=O)N[C@H](Cc1ccc(O)cc1)C(=O)OC. The first-order valence-corrected chi connectivity index (χ1v) is 10.5. The van der Waals surface area contributed by atoms with E-state index in [0.29, 0.717) is 6.42 Å². The number of aromatic hydroxyl groups is 1. The lowest BCUT2D eigenvalue weighted by molar-refractivity contribution is -0.145. The standard InChI is InChI=1S/C24H30N2O6/c1-4-16(2)21(26-24(30)32-15-18-8-6-5-7-9-18)22(28)25-20(23(29)31-3)14-17-10-12-19(27)13-11-17/h5-13,16,20-21,27H,4,14-15H2,1-3H3,(H,25,28)(H,26,30)/t16-,20+,21-/m0/s1. The first kappa shape index (κ1) is 24.7. The quantitative estimate of drug-likeness (QED) is 0.488. The van der Waals surface area contributed by atoms with Crippen LogP contribution in [0, 0.1) is 5.92 Å². The van der Waals surface area contributed by atoms with Crippen LogP contribution in [0.25, 0.3) is 0 Å². The highest BCUT2D eigenvalue weighted by atomic mass is 16.5. The average Bonchev–Trinajstić information content (AvgIpc) is 2.81. The number of esters is 1. The zero-order valence-corrected chi connectivity index (χ0v) is 18.5. The van der Waals surface area contributed by atoms with Gasteiger partial charge in [-0.3, -0.25) is 4.79 Å². The maximum absolute atomic E-state index is 13.0. The minimum absolute atomic E-state index is 0.0765. The van der Waals surface area contributed by atoms with Crippen LogP contribution in [0.5, 0.6) is 5.75 Å². The molecule has 2 aromatic carbocycles. The van der Waals surface area contributed by atoms with Crippen LogP contribution < -0.4 is 10.6 Å². The Labute approximate surface area is 187 Å². The molecule has 0 heterocycles. The number of hydrogen-bond donors (Lipinski definition) is 3. The summed E-state index contributed by atoms with van der Waals surface area (Å²) in [5.74, 6) is -1.22. The second-order valence-electron chi connectivity index (χ2n) is 7.52. The highest BCUT2D eigenvalue weighted by Crippen LogP contribution is 2.13. The second kappa shape index (κ2) is 12.3. The number of benzene rings is 2. The van der Waals surface area contributed by atoms with Crippen LogP contribution in [0.3, 0.4) is 0 Å². The van der Waals surface area contributed by atoms with Gasteiger partial charge >= 0.3 is 12.1 Å². The maximum atomic E-state index is 13.0. The number of hydrogen-bond acceptors (Lipinski definition) is 6. The van der Waals surface area contributed by atoms with Gasteiger partial charge < -0.3 is 25.2 Å². The Kier molecular flexibility index (Phi) is 9.53. The van der Waals surface area contributed by atoms with Gasteiger partial charge in [0.2, 0.25) is 5.91 Å². The van der Waals surface area contributed by atoms with E-state index in [4.69, 9.17) is 9.47 Å². The van der Waals surface area contributed by atoms with Crippen molar-refractivity contribution >= 4 is 18.0 Å². The van der Waals surface area contributed by atoms with Crippen molar-refractivity contribution in [1.29, 1.82) is 0 Å². The van der Waals surface area contributed by atoms with E-state index < -0.39 is 30.1 Å². The van der Waals surface area contributed by atoms with Crippen LogP contribution in [0.15, 0.2) is 54.6 Å². The van der Waals surface area contributed by atoms with Crippen molar-refractivity contribution in [2.75, 3.05) is 7.11 Å². The summed E-state index contributed by atoms with van der Waals surface area (Å²) in [6.07, 6.45) is 0.0740. The first-order chi connectivity index (χ1) is 15.3. The van der Waals surface area contributed by atoms with E-state index in [1.807, 2.05) is 44.2 Å². The third-order valence-electron chi connectivity index (χ3n) is 5.16. The van der Waals surface area contributed by atoms with Crippen LogP contribution in [0.1, 0.15) is 31.4 Å². The highest BCUT2D eigenvalue weighted by molar-refractivity contribution is 5.90. The minimum atomic E-state index is -0.953. The molecule has 0 fully saturated rings. The zero-order chi connectivity index (χ0) is 23.5. The van der Waals surface area contributed by atoms with Gasteiger partial charge in [0.05, 0.1) is 7.11 Å². The molecule has 2 aromatic rings. The van der Waals surface area contributed by atoms with E-state index in [2.05, 4.69) is 10.6 Å². The number of methoxy groups -OCH3 is 1. The molecule has 0 aliphatic carbocycles. The Morgan fingerprint density at radius 3 is 2.22 bits per heavy atom. The Morgan fingerprint density at radius 1 is 0.969 bits per heavy atom. The number of carbonyl (C=O) groups excluding carboxylic acids is 3. The molecule has 2 rings (SSSR count). The molecule has 32 heavy (non-hydrogen) atoms.